The predicted molar refractivity (Wildman–Crippen MR) is 82.3 cm³/mol. The monoisotopic (exact) mass is 326 g/mol. The lowest BCUT2D eigenvalue weighted by Gasteiger charge is -2.21. The maximum atomic E-state index is 6.02. The number of rotatable bonds is 6. The second kappa shape index (κ2) is 7.39. The summed E-state index contributed by atoms with van der Waals surface area (Å²) >= 11 is 3.46. The fraction of sp³-hybridized carbons (Fsp3) is 0.600. The van der Waals surface area contributed by atoms with Crippen molar-refractivity contribution in [1.82, 2.24) is 10.2 Å². The van der Waals surface area contributed by atoms with Crippen LogP contribution in [0.4, 0.5) is 0 Å². The largest absolute Gasteiger partial charge is 0.372 e. The van der Waals surface area contributed by atoms with Gasteiger partial charge in [-0.05, 0) is 44.6 Å². The summed E-state index contributed by atoms with van der Waals surface area (Å²) in [6, 6.07) is 8.52. The van der Waals surface area contributed by atoms with Gasteiger partial charge >= 0.3 is 0 Å². The van der Waals surface area contributed by atoms with Crippen molar-refractivity contribution in [2.24, 2.45) is 0 Å². The van der Waals surface area contributed by atoms with E-state index in [9.17, 15) is 0 Å². The van der Waals surface area contributed by atoms with Crippen molar-refractivity contribution in [2.75, 3.05) is 27.2 Å². The summed E-state index contributed by atoms with van der Waals surface area (Å²) < 4.78 is 7.15. The standard InChI is InChI=1S/C15H23BrN2O/c1-17-9-14-7-8-15(19-14)11-18(2)10-12-3-5-13(16)6-4-12/h3-6,14-15,17H,7-11H2,1-2H3. The number of hydrogen-bond donors (Lipinski definition) is 1. The Bertz CT molecular complexity index is 382. The molecule has 0 radical (unpaired) electrons. The molecular weight excluding hydrogens is 304 g/mol. The minimum absolute atomic E-state index is 0.388. The Balaban J connectivity index is 1.75. The van der Waals surface area contributed by atoms with Gasteiger partial charge in [0.05, 0.1) is 12.2 Å². The minimum atomic E-state index is 0.388. The molecule has 2 atom stereocenters. The highest BCUT2D eigenvalue weighted by Crippen LogP contribution is 2.20. The molecule has 4 heteroatoms. The quantitative estimate of drug-likeness (QED) is 0.869. The lowest BCUT2D eigenvalue weighted by atomic mass is 10.1. The molecule has 1 aromatic carbocycles. The first-order valence-corrected chi connectivity index (χ1v) is 7.69. The molecule has 1 N–H and O–H groups in total. The number of benzene rings is 1. The summed E-state index contributed by atoms with van der Waals surface area (Å²) in [6.45, 7) is 2.95. The molecule has 2 rings (SSSR count). The first-order valence-electron chi connectivity index (χ1n) is 6.90. The van der Waals surface area contributed by atoms with Gasteiger partial charge in [-0.3, -0.25) is 4.90 Å². The molecule has 0 aliphatic carbocycles. The van der Waals surface area contributed by atoms with Crippen LogP contribution in [-0.4, -0.2) is 44.3 Å². The van der Waals surface area contributed by atoms with E-state index in [1.165, 1.54) is 18.4 Å². The van der Waals surface area contributed by atoms with Crippen LogP contribution in [-0.2, 0) is 11.3 Å². The predicted octanol–water partition coefficient (Wildman–Crippen LogP) is 2.65. The number of likely N-dealkylation sites (N-methyl/N-ethyl adjacent to an activating group) is 2. The summed E-state index contributed by atoms with van der Waals surface area (Å²) in [6.07, 6.45) is 3.14. The van der Waals surface area contributed by atoms with Crippen molar-refractivity contribution in [3.05, 3.63) is 34.3 Å². The van der Waals surface area contributed by atoms with Crippen LogP contribution in [0.5, 0.6) is 0 Å². The maximum absolute atomic E-state index is 6.02. The van der Waals surface area contributed by atoms with Crippen LogP contribution in [0.15, 0.2) is 28.7 Å². The van der Waals surface area contributed by atoms with Gasteiger partial charge in [-0.2, -0.15) is 0 Å². The normalized spacial score (nSPS) is 23.2. The van der Waals surface area contributed by atoms with E-state index in [0.717, 1.165) is 24.1 Å². The summed E-state index contributed by atoms with van der Waals surface area (Å²) in [4.78, 5) is 2.34. The van der Waals surface area contributed by atoms with Gasteiger partial charge in [-0.1, -0.05) is 28.1 Å². The van der Waals surface area contributed by atoms with Gasteiger partial charge in [0.25, 0.3) is 0 Å². The van der Waals surface area contributed by atoms with Gasteiger partial charge < -0.3 is 10.1 Å². The smallest absolute Gasteiger partial charge is 0.0707 e. The Morgan fingerprint density at radius 1 is 1.26 bits per heavy atom. The SMILES string of the molecule is CNCC1CCC(CN(C)Cc2ccc(Br)cc2)O1. The third-order valence-corrected chi connectivity index (χ3v) is 4.04. The van der Waals surface area contributed by atoms with Crippen molar-refractivity contribution in [1.29, 1.82) is 0 Å². The van der Waals surface area contributed by atoms with Crippen LogP contribution >= 0.6 is 15.9 Å². The zero-order valence-electron chi connectivity index (χ0n) is 11.7. The third kappa shape index (κ3) is 4.88. The molecule has 1 aliphatic heterocycles. The van der Waals surface area contributed by atoms with Gasteiger partial charge in [0.2, 0.25) is 0 Å². The molecule has 0 spiro atoms. The lowest BCUT2D eigenvalue weighted by molar-refractivity contribution is 0.0276. The molecule has 0 saturated carbocycles. The van der Waals surface area contributed by atoms with Crippen molar-refractivity contribution in [2.45, 2.75) is 31.6 Å². The van der Waals surface area contributed by atoms with Gasteiger partial charge in [0.1, 0.15) is 0 Å². The average molecular weight is 327 g/mol. The van der Waals surface area contributed by atoms with Crippen molar-refractivity contribution < 1.29 is 4.74 Å². The molecule has 1 heterocycles. The molecule has 1 aliphatic rings. The summed E-state index contributed by atoms with van der Waals surface area (Å²) in [5, 5.41) is 3.19. The summed E-state index contributed by atoms with van der Waals surface area (Å²) in [5.41, 5.74) is 1.34. The van der Waals surface area contributed by atoms with Crippen molar-refractivity contribution in [3.63, 3.8) is 0 Å². The summed E-state index contributed by atoms with van der Waals surface area (Å²) in [5.74, 6) is 0. The highest BCUT2D eigenvalue weighted by Gasteiger charge is 2.25. The molecule has 3 nitrogen and oxygen atoms in total. The Morgan fingerprint density at radius 2 is 1.95 bits per heavy atom. The molecule has 0 amide bonds. The van der Waals surface area contributed by atoms with E-state index in [-0.39, 0.29) is 0 Å². The highest BCUT2D eigenvalue weighted by atomic mass is 79.9. The number of ether oxygens (including phenoxy) is 1. The molecule has 2 unspecified atom stereocenters. The number of nitrogens with one attached hydrogen (secondary N) is 1. The van der Waals surface area contributed by atoms with Crippen LogP contribution < -0.4 is 5.32 Å². The highest BCUT2D eigenvalue weighted by molar-refractivity contribution is 9.10. The zero-order chi connectivity index (χ0) is 13.7. The van der Waals surface area contributed by atoms with E-state index in [0.29, 0.717) is 12.2 Å². The fourth-order valence-corrected chi connectivity index (χ4v) is 2.87. The van der Waals surface area contributed by atoms with Gasteiger partial charge in [-0.15, -0.1) is 0 Å². The Kier molecular flexibility index (Phi) is 5.82. The second-order valence-electron chi connectivity index (χ2n) is 5.34. The van der Waals surface area contributed by atoms with Crippen LogP contribution in [0.25, 0.3) is 0 Å². The Morgan fingerprint density at radius 3 is 2.63 bits per heavy atom. The number of halogens is 1. The van der Waals surface area contributed by atoms with E-state index in [1.807, 2.05) is 7.05 Å². The Labute approximate surface area is 124 Å². The van der Waals surface area contributed by atoms with E-state index in [2.05, 4.69) is 57.5 Å². The van der Waals surface area contributed by atoms with Crippen LogP contribution in [0.2, 0.25) is 0 Å². The van der Waals surface area contributed by atoms with Gasteiger partial charge in [0.15, 0.2) is 0 Å². The molecule has 1 saturated heterocycles. The van der Waals surface area contributed by atoms with E-state index < -0.39 is 0 Å². The van der Waals surface area contributed by atoms with Gasteiger partial charge in [-0.25, -0.2) is 0 Å². The maximum Gasteiger partial charge on any atom is 0.0707 e. The van der Waals surface area contributed by atoms with E-state index in [4.69, 9.17) is 4.74 Å². The fourth-order valence-electron chi connectivity index (χ4n) is 2.61. The molecule has 1 fully saturated rings. The minimum Gasteiger partial charge on any atom is -0.372 e. The van der Waals surface area contributed by atoms with Gasteiger partial charge in [0, 0.05) is 24.1 Å². The molecule has 1 aromatic rings. The topological polar surface area (TPSA) is 24.5 Å². The van der Waals surface area contributed by atoms with Crippen LogP contribution in [0.1, 0.15) is 18.4 Å². The van der Waals surface area contributed by atoms with Crippen LogP contribution in [0.3, 0.4) is 0 Å². The molecule has 19 heavy (non-hydrogen) atoms. The lowest BCUT2D eigenvalue weighted by Crippen LogP contribution is -2.30. The Hall–Kier alpha value is -0.420. The summed E-state index contributed by atoms with van der Waals surface area (Å²) in [7, 11) is 4.15. The number of hydrogen-bond acceptors (Lipinski definition) is 3. The average Bonchev–Trinajstić information content (AvgIpc) is 2.80. The number of nitrogens with zero attached hydrogens (tertiary/aromatic N) is 1. The first-order chi connectivity index (χ1) is 9.17. The third-order valence-electron chi connectivity index (χ3n) is 3.51. The van der Waals surface area contributed by atoms with E-state index in [1.54, 1.807) is 0 Å². The first kappa shape index (κ1) is 15.0. The molecule has 0 aromatic heterocycles. The van der Waals surface area contributed by atoms with E-state index >= 15 is 0 Å². The van der Waals surface area contributed by atoms with Crippen molar-refractivity contribution in [3.8, 4) is 0 Å². The van der Waals surface area contributed by atoms with Crippen molar-refractivity contribution >= 4 is 15.9 Å². The zero-order valence-corrected chi connectivity index (χ0v) is 13.3. The second-order valence-corrected chi connectivity index (χ2v) is 6.25. The molecule has 0 bridgehead atoms. The van der Waals surface area contributed by atoms with Crippen LogP contribution in [0, 0.1) is 0 Å². The molecule has 106 valence electrons. The molecular formula is C15H23BrN2O.